The summed E-state index contributed by atoms with van der Waals surface area (Å²) < 4.78 is 14.2. The first kappa shape index (κ1) is 20.7. The van der Waals surface area contributed by atoms with Gasteiger partial charge in [-0.2, -0.15) is 0 Å². The van der Waals surface area contributed by atoms with Gasteiger partial charge in [-0.25, -0.2) is 9.37 Å². The summed E-state index contributed by atoms with van der Waals surface area (Å²) >= 11 is 0. The number of nitrogens with one attached hydrogen (secondary N) is 2. The quantitative estimate of drug-likeness (QED) is 0.566. The molecule has 1 fully saturated rings. The number of aromatic nitrogens is 2. The molecule has 31 heavy (non-hydrogen) atoms. The van der Waals surface area contributed by atoms with E-state index in [1.807, 2.05) is 36.4 Å². The molecule has 0 spiro atoms. The van der Waals surface area contributed by atoms with Gasteiger partial charge in [-0.3, -0.25) is 9.78 Å². The third-order valence-electron chi connectivity index (χ3n) is 5.54. The summed E-state index contributed by atoms with van der Waals surface area (Å²) in [6.45, 7) is 0.598. The number of hydrogen-bond acceptors (Lipinski definition) is 6. The molecule has 0 saturated carbocycles. The average Bonchev–Trinajstić information content (AvgIpc) is 2.81. The molecule has 1 aliphatic rings. The van der Waals surface area contributed by atoms with Crippen LogP contribution in [0.5, 0.6) is 0 Å². The first-order valence-electron chi connectivity index (χ1n) is 10.1. The van der Waals surface area contributed by atoms with Crippen molar-refractivity contribution < 1.29 is 14.3 Å². The molecule has 160 valence electrons. The Bertz CT molecular complexity index is 1020. The van der Waals surface area contributed by atoms with Crippen molar-refractivity contribution in [2.75, 3.05) is 29.9 Å². The Morgan fingerprint density at radius 2 is 1.97 bits per heavy atom. The number of pyridine rings is 2. The van der Waals surface area contributed by atoms with Crippen LogP contribution in [0.1, 0.15) is 12.0 Å². The zero-order valence-corrected chi connectivity index (χ0v) is 16.9. The van der Waals surface area contributed by atoms with Crippen LogP contribution in [-0.4, -0.2) is 46.7 Å². The van der Waals surface area contributed by atoms with E-state index in [1.54, 1.807) is 23.4 Å². The van der Waals surface area contributed by atoms with Crippen molar-refractivity contribution in [1.82, 2.24) is 15.3 Å². The number of anilines is 2. The Balaban J connectivity index is 1.54. The molecular weight excluding hydrogens is 397 g/mol. The lowest BCUT2D eigenvalue weighted by atomic mass is 9.78. The molecule has 3 N–H and O–H groups in total. The first-order chi connectivity index (χ1) is 15.1. The lowest BCUT2D eigenvalue weighted by Crippen LogP contribution is -2.62. The molecule has 7 nitrogen and oxygen atoms in total. The third-order valence-corrected chi connectivity index (χ3v) is 5.54. The second-order valence-corrected chi connectivity index (χ2v) is 7.50. The highest BCUT2D eigenvalue weighted by Crippen LogP contribution is 2.35. The van der Waals surface area contributed by atoms with Crippen molar-refractivity contribution in [2.45, 2.75) is 18.1 Å². The zero-order chi connectivity index (χ0) is 21.7. The van der Waals surface area contributed by atoms with Gasteiger partial charge in [-0.1, -0.05) is 30.3 Å². The monoisotopic (exact) mass is 421 g/mol. The Kier molecular flexibility index (Phi) is 6.08. The van der Waals surface area contributed by atoms with Crippen LogP contribution in [0.25, 0.3) is 0 Å². The highest BCUT2D eigenvalue weighted by Gasteiger charge is 2.45. The summed E-state index contributed by atoms with van der Waals surface area (Å²) in [6.07, 6.45) is 4.24. The molecule has 2 atom stereocenters. The average molecular weight is 421 g/mol. The topological polar surface area (TPSA) is 90.4 Å². The fraction of sp³-hybridized carbons (Fsp3) is 0.261. The molecule has 4 rings (SSSR count). The molecular formula is C23H24FN5O2. The Morgan fingerprint density at radius 1 is 1.16 bits per heavy atom. The van der Waals surface area contributed by atoms with Gasteiger partial charge in [0, 0.05) is 31.7 Å². The number of carbonyl (C=O) groups excluding carboxylic acids is 1. The number of aliphatic hydroxyl groups is 1. The van der Waals surface area contributed by atoms with Gasteiger partial charge in [-0.05, 0) is 36.2 Å². The molecule has 0 bridgehead atoms. The van der Waals surface area contributed by atoms with Crippen molar-refractivity contribution in [2.24, 2.45) is 0 Å². The molecule has 3 heterocycles. The smallest absolute Gasteiger partial charge is 0.240 e. The fourth-order valence-corrected chi connectivity index (χ4v) is 3.97. The number of hydrogen-bond donors (Lipinski definition) is 3. The van der Waals surface area contributed by atoms with E-state index in [0.29, 0.717) is 13.0 Å². The second kappa shape index (κ2) is 9.09. The molecule has 2 aromatic heterocycles. The molecule has 8 heteroatoms. The van der Waals surface area contributed by atoms with Crippen LogP contribution in [0.3, 0.4) is 0 Å². The van der Waals surface area contributed by atoms with E-state index in [1.165, 1.54) is 18.3 Å². The number of benzene rings is 1. The molecule has 1 amide bonds. The zero-order valence-electron chi connectivity index (χ0n) is 16.9. The number of rotatable bonds is 6. The van der Waals surface area contributed by atoms with Gasteiger partial charge < -0.3 is 20.6 Å². The van der Waals surface area contributed by atoms with E-state index >= 15 is 0 Å². The van der Waals surface area contributed by atoms with Crippen molar-refractivity contribution in [3.63, 3.8) is 0 Å². The summed E-state index contributed by atoms with van der Waals surface area (Å²) in [6, 6.07) is 15.9. The SMILES string of the molecule is O=C(CNc1cccnc1)N[C@]1(c2ccccc2)CCN(c2ncccc2F)C[C@H]1O. The van der Waals surface area contributed by atoms with Crippen molar-refractivity contribution in [3.8, 4) is 0 Å². The fourth-order valence-electron chi connectivity index (χ4n) is 3.97. The number of β-amino-alcohol motifs (C(OH)–C–C–N with tert-alkyl or cyclic N) is 1. The van der Waals surface area contributed by atoms with Crippen LogP contribution in [0.2, 0.25) is 0 Å². The largest absolute Gasteiger partial charge is 0.388 e. The van der Waals surface area contributed by atoms with Crippen molar-refractivity contribution in [1.29, 1.82) is 0 Å². The van der Waals surface area contributed by atoms with E-state index < -0.39 is 17.5 Å². The minimum atomic E-state index is -0.989. The summed E-state index contributed by atoms with van der Waals surface area (Å²) in [5, 5.41) is 17.3. The number of amides is 1. The lowest BCUT2D eigenvalue weighted by molar-refractivity contribution is -0.123. The van der Waals surface area contributed by atoms with E-state index in [2.05, 4.69) is 20.6 Å². The van der Waals surface area contributed by atoms with E-state index in [9.17, 15) is 14.3 Å². The van der Waals surface area contributed by atoms with Gasteiger partial charge in [0.1, 0.15) is 0 Å². The molecule has 1 aromatic carbocycles. The van der Waals surface area contributed by atoms with Crippen LogP contribution in [0.4, 0.5) is 15.9 Å². The van der Waals surface area contributed by atoms with E-state index in [0.717, 1.165) is 11.3 Å². The highest BCUT2D eigenvalue weighted by molar-refractivity contribution is 5.81. The number of halogens is 1. The summed E-state index contributed by atoms with van der Waals surface area (Å²) in [5.74, 6) is -0.497. The van der Waals surface area contributed by atoms with Crippen LogP contribution < -0.4 is 15.5 Å². The lowest BCUT2D eigenvalue weighted by Gasteiger charge is -2.46. The molecule has 1 saturated heterocycles. The minimum absolute atomic E-state index is 0.0333. The summed E-state index contributed by atoms with van der Waals surface area (Å²) in [4.78, 5) is 22.7. The van der Waals surface area contributed by atoms with Gasteiger partial charge in [0.05, 0.1) is 23.9 Å². The van der Waals surface area contributed by atoms with Crippen LogP contribution in [0.15, 0.2) is 73.2 Å². The van der Waals surface area contributed by atoms with Gasteiger partial charge in [0.25, 0.3) is 0 Å². The molecule has 0 radical (unpaired) electrons. The second-order valence-electron chi connectivity index (χ2n) is 7.50. The maximum absolute atomic E-state index is 14.2. The predicted molar refractivity (Wildman–Crippen MR) is 116 cm³/mol. The van der Waals surface area contributed by atoms with E-state index in [4.69, 9.17) is 0 Å². The predicted octanol–water partition coefficient (Wildman–Crippen LogP) is 2.31. The first-order valence-corrected chi connectivity index (χ1v) is 10.1. The highest BCUT2D eigenvalue weighted by atomic mass is 19.1. The van der Waals surface area contributed by atoms with Crippen LogP contribution in [-0.2, 0) is 10.3 Å². The van der Waals surface area contributed by atoms with Crippen molar-refractivity contribution in [3.05, 3.63) is 84.6 Å². The molecule has 1 aliphatic heterocycles. The Hall–Kier alpha value is -3.52. The van der Waals surface area contributed by atoms with Gasteiger partial charge in [0.15, 0.2) is 11.6 Å². The van der Waals surface area contributed by atoms with Crippen LogP contribution in [0, 0.1) is 5.82 Å². The van der Waals surface area contributed by atoms with Crippen molar-refractivity contribution >= 4 is 17.4 Å². The molecule has 3 aromatic rings. The van der Waals surface area contributed by atoms with Gasteiger partial charge in [0.2, 0.25) is 5.91 Å². The van der Waals surface area contributed by atoms with Gasteiger partial charge >= 0.3 is 0 Å². The minimum Gasteiger partial charge on any atom is -0.388 e. The van der Waals surface area contributed by atoms with Crippen LogP contribution >= 0.6 is 0 Å². The number of piperidine rings is 1. The molecule has 0 aliphatic carbocycles. The van der Waals surface area contributed by atoms with E-state index in [-0.39, 0.29) is 24.8 Å². The maximum Gasteiger partial charge on any atom is 0.240 e. The summed E-state index contributed by atoms with van der Waals surface area (Å²) in [7, 11) is 0. The Labute approximate surface area is 180 Å². The van der Waals surface area contributed by atoms with Gasteiger partial charge in [-0.15, -0.1) is 0 Å². The number of nitrogens with zero attached hydrogens (tertiary/aromatic N) is 3. The third kappa shape index (κ3) is 4.49. The normalized spacial score (nSPS) is 20.8. The molecule has 0 unspecified atom stereocenters. The number of aliphatic hydroxyl groups excluding tert-OH is 1. The number of carbonyl (C=O) groups is 1. The standard InChI is InChI=1S/C23H24FN5O2/c24-19-9-5-12-26-22(19)29-13-10-23(20(30)16-29,17-6-2-1-3-7-17)28-21(31)15-27-18-8-4-11-25-14-18/h1-9,11-12,14,20,27,30H,10,13,15-16H2,(H,28,31)/t20-,23+/m1/s1. The summed E-state index contributed by atoms with van der Waals surface area (Å²) in [5.41, 5.74) is 0.544. The Morgan fingerprint density at radius 3 is 2.68 bits per heavy atom. The maximum atomic E-state index is 14.2.